The van der Waals surface area contributed by atoms with Crippen molar-refractivity contribution < 1.29 is 9.59 Å². The molecule has 3 heterocycles. The molecule has 6 nitrogen and oxygen atoms in total. The Labute approximate surface area is 136 Å². The number of fused-ring (bicyclic) bond motifs is 3. The fourth-order valence-corrected chi connectivity index (χ4v) is 3.07. The predicted octanol–water partition coefficient (Wildman–Crippen LogP) is 2.73. The average Bonchev–Trinajstić information content (AvgIpc) is 2.96. The van der Waals surface area contributed by atoms with Gasteiger partial charge in [-0.3, -0.25) is 14.3 Å². The third kappa shape index (κ3) is 1.82. The first kappa shape index (κ1) is 13.9. The lowest BCUT2D eigenvalue weighted by atomic mass is 10.1. The molecule has 0 unspecified atom stereocenters. The zero-order chi connectivity index (χ0) is 16.3. The van der Waals surface area contributed by atoms with Gasteiger partial charge < -0.3 is 0 Å². The molecule has 3 aromatic rings. The van der Waals surface area contributed by atoms with Crippen LogP contribution in [0.1, 0.15) is 26.4 Å². The van der Waals surface area contributed by atoms with Crippen molar-refractivity contribution in [2.24, 2.45) is 7.05 Å². The SMILES string of the molecule is Cc1nn(C)c2ncc3c(c12)C(=O)N(c1ccc(Cl)cc1)C3=O. The molecule has 0 saturated carbocycles. The van der Waals surface area contributed by atoms with Gasteiger partial charge in [-0.1, -0.05) is 11.6 Å². The van der Waals surface area contributed by atoms with Crippen molar-refractivity contribution in [2.75, 3.05) is 4.90 Å². The molecular formula is C16H11ClN4O2. The molecule has 0 spiro atoms. The van der Waals surface area contributed by atoms with E-state index in [1.54, 1.807) is 42.9 Å². The van der Waals surface area contributed by atoms with E-state index in [9.17, 15) is 9.59 Å². The number of aromatic nitrogens is 3. The molecule has 0 bridgehead atoms. The van der Waals surface area contributed by atoms with Gasteiger partial charge in [0.05, 0.1) is 27.9 Å². The van der Waals surface area contributed by atoms with E-state index in [1.807, 2.05) is 0 Å². The summed E-state index contributed by atoms with van der Waals surface area (Å²) >= 11 is 5.87. The first-order valence-electron chi connectivity index (χ1n) is 6.95. The number of nitrogens with zero attached hydrogens (tertiary/aromatic N) is 4. The van der Waals surface area contributed by atoms with Gasteiger partial charge >= 0.3 is 0 Å². The standard InChI is InChI=1S/C16H11ClN4O2/c1-8-12-13-11(7-18-14(12)20(2)19-8)15(22)21(16(13)23)10-5-3-9(17)4-6-10/h3-7H,1-2H3. The summed E-state index contributed by atoms with van der Waals surface area (Å²) in [5, 5.41) is 5.46. The van der Waals surface area contributed by atoms with Crippen LogP contribution in [-0.2, 0) is 7.05 Å². The summed E-state index contributed by atoms with van der Waals surface area (Å²) < 4.78 is 1.60. The van der Waals surface area contributed by atoms with Crippen LogP contribution in [0.15, 0.2) is 30.5 Å². The third-order valence-electron chi connectivity index (χ3n) is 3.96. The zero-order valence-electron chi connectivity index (χ0n) is 12.4. The molecule has 7 heteroatoms. The Bertz CT molecular complexity index is 991. The molecule has 114 valence electrons. The van der Waals surface area contributed by atoms with Crippen LogP contribution in [0.4, 0.5) is 5.69 Å². The summed E-state index contributed by atoms with van der Waals surface area (Å²) in [6, 6.07) is 6.57. The molecule has 0 fully saturated rings. The fourth-order valence-electron chi connectivity index (χ4n) is 2.95. The van der Waals surface area contributed by atoms with Crippen LogP contribution in [0.2, 0.25) is 5.02 Å². The summed E-state index contributed by atoms with van der Waals surface area (Å²) in [4.78, 5) is 31.0. The summed E-state index contributed by atoms with van der Waals surface area (Å²) in [7, 11) is 1.76. The Morgan fingerprint density at radius 1 is 1.09 bits per heavy atom. The maximum atomic E-state index is 12.9. The summed E-state index contributed by atoms with van der Waals surface area (Å²) in [5.74, 6) is -0.749. The number of aryl methyl sites for hydroxylation is 2. The zero-order valence-corrected chi connectivity index (χ0v) is 13.1. The third-order valence-corrected chi connectivity index (χ3v) is 4.21. The Balaban J connectivity index is 1.96. The second kappa shape index (κ2) is 4.63. The van der Waals surface area contributed by atoms with Crippen molar-refractivity contribution in [1.82, 2.24) is 14.8 Å². The highest BCUT2D eigenvalue weighted by atomic mass is 35.5. The van der Waals surface area contributed by atoms with E-state index in [2.05, 4.69) is 10.1 Å². The van der Waals surface area contributed by atoms with Crippen molar-refractivity contribution in [2.45, 2.75) is 6.92 Å². The van der Waals surface area contributed by atoms with Crippen molar-refractivity contribution >= 4 is 40.1 Å². The highest BCUT2D eigenvalue weighted by Gasteiger charge is 2.39. The Kier molecular flexibility index (Phi) is 2.80. The van der Waals surface area contributed by atoms with Crippen LogP contribution in [0.3, 0.4) is 0 Å². The summed E-state index contributed by atoms with van der Waals surface area (Å²) in [6.45, 7) is 1.80. The van der Waals surface area contributed by atoms with Gasteiger partial charge in [0.25, 0.3) is 11.8 Å². The smallest absolute Gasteiger partial charge is 0.267 e. The number of hydrogen-bond acceptors (Lipinski definition) is 4. The first-order chi connectivity index (χ1) is 11.0. The van der Waals surface area contributed by atoms with E-state index in [4.69, 9.17) is 11.6 Å². The molecule has 4 rings (SSSR count). The molecule has 0 radical (unpaired) electrons. The predicted molar refractivity (Wildman–Crippen MR) is 85.8 cm³/mol. The van der Waals surface area contributed by atoms with Gasteiger partial charge in [0, 0.05) is 18.3 Å². The largest absolute Gasteiger partial charge is 0.268 e. The maximum Gasteiger partial charge on any atom is 0.267 e. The number of carbonyl (C=O) groups is 2. The van der Waals surface area contributed by atoms with Gasteiger partial charge in [0.2, 0.25) is 0 Å². The average molecular weight is 327 g/mol. The second-order valence-electron chi connectivity index (χ2n) is 5.38. The van der Waals surface area contributed by atoms with Crippen LogP contribution in [-0.4, -0.2) is 26.6 Å². The number of anilines is 1. The van der Waals surface area contributed by atoms with Gasteiger partial charge in [0.1, 0.15) is 0 Å². The van der Waals surface area contributed by atoms with Crippen molar-refractivity contribution in [1.29, 1.82) is 0 Å². The summed E-state index contributed by atoms with van der Waals surface area (Å²) in [6.07, 6.45) is 1.44. The lowest BCUT2D eigenvalue weighted by Gasteiger charge is -2.13. The number of amides is 2. The molecule has 0 N–H and O–H groups in total. The highest BCUT2D eigenvalue weighted by Crippen LogP contribution is 2.33. The molecule has 1 aliphatic heterocycles. The monoisotopic (exact) mass is 326 g/mol. The minimum atomic E-state index is -0.384. The Hall–Kier alpha value is -2.73. The molecule has 1 aliphatic rings. The lowest BCUT2D eigenvalue weighted by Crippen LogP contribution is -2.29. The maximum absolute atomic E-state index is 12.9. The van der Waals surface area contributed by atoms with Crippen LogP contribution < -0.4 is 4.90 Å². The van der Waals surface area contributed by atoms with Crippen LogP contribution in [0.25, 0.3) is 11.0 Å². The molecule has 1 aromatic carbocycles. The lowest BCUT2D eigenvalue weighted by molar-refractivity contribution is 0.0926. The molecule has 0 aliphatic carbocycles. The molecule has 0 atom stereocenters. The Morgan fingerprint density at radius 2 is 1.78 bits per heavy atom. The van der Waals surface area contributed by atoms with E-state index < -0.39 is 0 Å². The number of carbonyl (C=O) groups excluding carboxylic acids is 2. The second-order valence-corrected chi connectivity index (χ2v) is 5.81. The molecular weight excluding hydrogens is 316 g/mol. The molecule has 2 aromatic heterocycles. The van der Waals surface area contributed by atoms with Gasteiger partial charge in [0.15, 0.2) is 5.65 Å². The number of rotatable bonds is 1. The number of imide groups is 1. The van der Waals surface area contributed by atoms with Gasteiger partial charge in [-0.2, -0.15) is 5.10 Å². The van der Waals surface area contributed by atoms with E-state index in [0.29, 0.717) is 38.6 Å². The van der Waals surface area contributed by atoms with E-state index >= 15 is 0 Å². The van der Waals surface area contributed by atoms with Crippen LogP contribution >= 0.6 is 11.6 Å². The number of pyridine rings is 1. The first-order valence-corrected chi connectivity index (χ1v) is 7.33. The number of benzene rings is 1. The number of halogens is 1. The minimum Gasteiger partial charge on any atom is -0.268 e. The van der Waals surface area contributed by atoms with Crippen LogP contribution in [0, 0.1) is 6.92 Å². The van der Waals surface area contributed by atoms with Gasteiger partial charge in [-0.25, -0.2) is 9.88 Å². The number of hydrogen-bond donors (Lipinski definition) is 0. The van der Waals surface area contributed by atoms with E-state index in [0.717, 1.165) is 4.90 Å². The molecule has 23 heavy (non-hydrogen) atoms. The quantitative estimate of drug-likeness (QED) is 0.645. The van der Waals surface area contributed by atoms with Crippen molar-refractivity contribution in [3.8, 4) is 0 Å². The minimum absolute atomic E-state index is 0.300. The molecule has 0 saturated heterocycles. The highest BCUT2D eigenvalue weighted by molar-refractivity contribution is 6.37. The van der Waals surface area contributed by atoms with Gasteiger partial charge in [-0.05, 0) is 31.2 Å². The van der Waals surface area contributed by atoms with E-state index in [-0.39, 0.29) is 11.8 Å². The van der Waals surface area contributed by atoms with E-state index in [1.165, 1.54) is 6.20 Å². The van der Waals surface area contributed by atoms with Gasteiger partial charge in [-0.15, -0.1) is 0 Å². The van der Waals surface area contributed by atoms with Crippen LogP contribution in [0.5, 0.6) is 0 Å². The normalized spacial score (nSPS) is 14.0. The van der Waals surface area contributed by atoms with Crippen molar-refractivity contribution in [3.05, 3.63) is 52.3 Å². The fraction of sp³-hybridized carbons (Fsp3) is 0.125. The molecule has 2 amide bonds. The van der Waals surface area contributed by atoms with Crippen molar-refractivity contribution in [3.63, 3.8) is 0 Å². The Morgan fingerprint density at radius 3 is 2.48 bits per heavy atom. The summed E-state index contributed by atoms with van der Waals surface area (Å²) in [5.41, 5.74) is 2.40. The topological polar surface area (TPSA) is 68.1 Å².